The third kappa shape index (κ3) is 3.72. The van der Waals surface area contributed by atoms with E-state index >= 15 is 0 Å². The van der Waals surface area contributed by atoms with Gasteiger partial charge in [0.05, 0.1) is 6.04 Å². The van der Waals surface area contributed by atoms with Gasteiger partial charge < -0.3 is 15.2 Å². The summed E-state index contributed by atoms with van der Waals surface area (Å²) in [6, 6.07) is 5.14. The maximum Gasteiger partial charge on any atom is 0.319 e. The van der Waals surface area contributed by atoms with Crippen LogP contribution in [-0.2, 0) is 13.0 Å². The first-order chi connectivity index (χ1) is 11.7. The van der Waals surface area contributed by atoms with Crippen molar-refractivity contribution in [2.24, 2.45) is 0 Å². The predicted octanol–water partition coefficient (Wildman–Crippen LogP) is 3.42. The summed E-state index contributed by atoms with van der Waals surface area (Å²) in [6.07, 6.45) is 5.09. The first-order valence-electron chi connectivity index (χ1n) is 8.42. The van der Waals surface area contributed by atoms with Crippen LogP contribution in [0, 0.1) is 5.82 Å². The van der Waals surface area contributed by atoms with Gasteiger partial charge in [0.1, 0.15) is 11.6 Å². The molecule has 1 atom stereocenters. The zero-order valence-electron chi connectivity index (χ0n) is 13.8. The van der Waals surface area contributed by atoms with Crippen molar-refractivity contribution in [1.82, 2.24) is 20.1 Å². The van der Waals surface area contributed by atoms with Crippen molar-refractivity contribution < 1.29 is 9.18 Å². The fraction of sp³-hybridized carbons (Fsp3) is 0.471. The van der Waals surface area contributed by atoms with Crippen LogP contribution in [-0.4, -0.2) is 20.8 Å². The maximum atomic E-state index is 12.9. The van der Waals surface area contributed by atoms with E-state index in [1.807, 2.05) is 6.92 Å². The number of aromatic nitrogens is 3. The lowest BCUT2D eigenvalue weighted by Crippen LogP contribution is -2.34. The molecule has 2 N–H and O–H groups in total. The number of hydrogen-bond acceptors (Lipinski definition) is 3. The Kier molecular flexibility index (Phi) is 5.08. The smallest absolute Gasteiger partial charge is 0.319 e. The Morgan fingerprint density at radius 2 is 2.04 bits per heavy atom. The number of carbonyl (C=O) groups excluding carboxylic acids is 1. The number of rotatable bonds is 4. The molecule has 7 heteroatoms. The van der Waals surface area contributed by atoms with Crippen molar-refractivity contribution in [3.05, 3.63) is 41.7 Å². The second-order valence-corrected chi connectivity index (χ2v) is 6.00. The summed E-state index contributed by atoms with van der Waals surface area (Å²) in [5, 5.41) is 14.2. The van der Waals surface area contributed by atoms with Gasteiger partial charge in [-0.1, -0.05) is 13.3 Å². The number of halogens is 1. The van der Waals surface area contributed by atoms with E-state index < -0.39 is 0 Å². The van der Waals surface area contributed by atoms with Gasteiger partial charge >= 0.3 is 6.03 Å². The van der Waals surface area contributed by atoms with Gasteiger partial charge in [-0.2, -0.15) is 0 Å². The molecule has 0 spiro atoms. The molecule has 3 rings (SSSR count). The molecule has 2 amide bonds. The number of hydrogen-bond donors (Lipinski definition) is 2. The van der Waals surface area contributed by atoms with Crippen LogP contribution < -0.4 is 10.6 Å². The minimum atomic E-state index is -0.335. The molecule has 0 radical (unpaired) electrons. The van der Waals surface area contributed by atoms with Crippen molar-refractivity contribution in [2.45, 2.75) is 51.6 Å². The van der Waals surface area contributed by atoms with E-state index in [0.29, 0.717) is 5.69 Å². The highest BCUT2D eigenvalue weighted by Crippen LogP contribution is 2.21. The normalized spacial score (nSPS) is 15.2. The Balaban J connectivity index is 1.69. The second-order valence-electron chi connectivity index (χ2n) is 6.00. The van der Waals surface area contributed by atoms with Gasteiger partial charge in [0.15, 0.2) is 5.82 Å². The predicted molar refractivity (Wildman–Crippen MR) is 89.2 cm³/mol. The fourth-order valence-corrected chi connectivity index (χ4v) is 2.97. The molecule has 0 saturated carbocycles. The number of fused-ring (bicyclic) bond motifs is 1. The summed E-state index contributed by atoms with van der Waals surface area (Å²) in [5.74, 6) is 1.48. The first kappa shape index (κ1) is 16.4. The van der Waals surface area contributed by atoms with Crippen molar-refractivity contribution in [3.8, 4) is 0 Å². The lowest BCUT2D eigenvalue weighted by Gasteiger charge is -2.18. The molecule has 1 aliphatic rings. The summed E-state index contributed by atoms with van der Waals surface area (Å²) in [4.78, 5) is 12.2. The summed E-state index contributed by atoms with van der Waals surface area (Å²) in [5.41, 5.74) is 0.545. The van der Waals surface area contributed by atoms with Crippen LogP contribution in [0.15, 0.2) is 24.3 Å². The largest absolute Gasteiger partial charge is 0.328 e. The molecule has 2 aromatic rings. The van der Waals surface area contributed by atoms with Crippen LogP contribution in [0.2, 0.25) is 0 Å². The van der Waals surface area contributed by atoms with Crippen LogP contribution in [0.25, 0.3) is 0 Å². The van der Waals surface area contributed by atoms with E-state index in [4.69, 9.17) is 0 Å². The number of nitrogens with one attached hydrogen (secondary N) is 2. The van der Waals surface area contributed by atoms with Gasteiger partial charge in [0.25, 0.3) is 0 Å². The monoisotopic (exact) mass is 331 g/mol. The van der Waals surface area contributed by atoms with Gasteiger partial charge in [-0.25, -0.2) is 9.18 Å². The standard InChI is InChI=1S/C17H22FN5O/c1-2-14(16-22-21-15-6-4-3-5-11-23(15)16)20-17(24)19-13-9-7-12(18)8-10-13/h7-10,14H,2-6,11H2,1H3,(H2,19,20,24)/t14-/m1/s1. The molecule has 6 nitrogen and oxygen atoms in total. The molecule has 1 aromatic heterocycles. The van der Waals surface area contributed by atoms with Crippen LogP contribution in [0.4, 0.5) is 14.9 Å². The highest BCUT2D eigenvalue weighted by atomic mass is 19.1. The van der Waals surface area contributed by atoms with Gasteiger partial charge in [0, 0.05) is 18.7 Å². The van der Waals surface area contributed by atoms with E-state index in [1.165, 1.54) is 30.7 Å². The van der Waals surface area contributed by atoms with Crippen molar-refractivity contribution in [3.63, 3.8) is 0 Å². The quantitative estimate of drug-likeness (QED) is 0.902. The first-order valence-corrected chi connectivity index (χ1v) is 8.42. The SMILES string of the molecule is CC[C@@H](NC(=O)Nc1ccc(F)cc1)c1nnc2n1CCCCC2. The van der Waals surface area contributed by atoms with Gasteiger partial charge in [-0.05, 0) is 43.5 Å². The van der Waals surface area contributed by atoms with Crippen molar-refractivity contribution in [1.29, 1.82) is 0 Å². The second kappa shape index (κ2) is 7.42. The molecule has 1 aliphatic heterocycles. The van der Waals surface area contributed by atoms with E-state index in [2.05, 4.69) is 25.4 Å². The number of anilines is 1. The Labute approximate surface area is 140 Å². The number of nitrogens with zero attached hydrogens (tertiary/aromatic N) is 3. The maximum absolute atomic E-state index is 12.9. The molecule has 128 valence electrons. The van der Waals surface area contributed by atoms with Crippen molar-refractivity contribution >= 4 is 11.7 Å². The number of carbonyl (C=O) groups is 1. The molecule has 2 heterocycles. The molecule has 0 saturated heterocycles. The Bertz CT molecular complexity index is 698. The van der Waals surface area contributed by atoms with E-state index in [1.54, 1.807) is 0 Å². The lowest BCUT2D eigenvalue weighted by atomic mass is 10.2. The zero-order chi connectivity index (χ0) is 16.9. The Morgan fingerprint density at radius 1 is 1.25 bits per heavy atom. The number of benzene rings is 1. The Morgan fingerprint density at radius 3 is 2.79 bits per heavy atom. The van der Waals surface area contributed by atoms with E-state index in [0.717, 1.165) is 43.9 Å². The van der Waals surface area contributed by atoms with Crippen LogP contribution in [0.1, 0.15) is 50.3 Å². The summed E-state index contributed by atoms with van der Waals surface area (Å²) in [6.45, 7) is 2.90. The van der Waals surface area contributed by atoms with Gasteiger partial charge in [-0.15, -0.1) is 10.2 Å². The van der Waals surface area contributed by atoms with Crippen LogP contribution in [0.5, 0.6) is 0 Å². The van der Waals surface area contributed by atoms with Crippen molar-refractivity contribution in [2.75, 3.05) is 5.32 Å². The minimum absolute atomic E-state index is 0.204. The topological polar surface area (TPSA) is 71.8 Å². The molecule has 0 fully saturated rings. The minimum Gasteiger partial charge on any atom is -0.328 e. The summed E-state index contributed by atoms with van der Waals surface area (Å²) >= 11 is 0. The third-order valence-corrected chi connectivity index (χ3v) is 4.27. The van der Waals surface area contributed by atoms with Gasteiger partial charge in [0.2, 0.25) is 0 Å². The number of urea groups is 1. The number of amides is 2. The lowest BCUT2D eigenvalue weighted by molar-refractivity contribution is 0.247. The highest BCUT2D eigenvalue weighted by Gasteiger charge is 2.22. The summed E-state index contributed by atoms with van der Waals surface area (Å²) in [7, 11) is 0. The third-order valence-electron chi connectivity index (χ3n) is 4.27. The molecular formula is C17H22FN5O. The van der Waals surface area contributed by atoms with Crippen LogP contribution >= 0.6 is 0 Å². The van der Waals surface area contributed by atoms with E-state index in [9.17, 15) is 9.18 Å². The van der Waals surface area contributed by atoms with Crippen LogP contribution in [0.3, 0.4) is 0 Å². The average Bonchev–Trinajstić information content (AvgIpc) is 2.83. The molecule has 0 unspecified atom stereocenters. The zero-order valence-corrected chi connectivity index (χ0v) is 13.8. The Hall–Kier alpha value is -2.44. The molecule has 0 aliphatic carbocycles. The molecular weight excluding hydrogens is 309 g/mol. The number of aryl methyl sites for hydroxylation is 1. The molecule has 0 bridgehead atoms. The van der Waals surface area contributed by atoms with Gasteiger partial charge in [-0.3, -0.25) is 0 Å². The molecule has 1 aromatic carbocycles. The molecule has 24 heavy (non-hydrogen) atoms. The summed E-state index contributed by atoms with van der Waals surface area (Å²) < 4.78 is 15.1. The average molecular weight is 331 g/mol. The fourth-order valence-electron chi connectivity index (χ4n) is 2.97. The van der Waals surface area contributed by atoms with E-state index in [-0.39, 0.29) is 17.9 Å². The highest BCUT2D eigenvalue weighted by molar-refractivity contribution is 5.89.